The van der Waals surface area contributed by atoms with Crippen LogP contribution in [0.15, 0.2) is 0 Å². The Bertz CT molecular complexity index is 493. The second-order valence-corrected chi connectivity index (χ2v) is 8.75. The number of carbonyl (C=O) groups excluding carboxylic acids is 1. The summed E-state index contributed by atoms with van der Waals surface area (Å²) >= 11 is 0. The number of ether oxygens (including phenoxy) is 1. The lowest BCUT2D eigenvalue weighted by molar-refractivity contribution is -0.146. The molecule has 0 aromatic rings. The normalized spacial score (nSPS) is 34.8. The van der Waals surface area contributed by atoms with Gasteiger partial charge in [0, 0.05) is 13.1 Å². The predicted octanol–water partition coefficient (Wildman–Crippen LogP) is 0.719. The van der Waals surface area contributed by atoms with Crippen molar-refractivity contribution in [2.45, 2.75) is 44.3 Å². The highest BCUT2D eigenvalue weighted by Crippen LogP contribution is 2.37. The Morgan fingerprint density at radius 2 is 2.05 bits per heavy atom. The molecule has 1 heterocycles. The van der Waals surface area contributed by atoms with Crippen LogP contribution in [0, 0.1) is 11.3 Å². The molecule has 1 aliphatic heterocycles. The van der Waals surface area contributed by atoms with E-state index in [1.165, 1.54) is 11.4 Å². The highest BCUT2D eigenvalue weighted by Gasteiger charge is 2.46. The lowest BCUT2D eigenvalue weighted by Gasteiger charge is -2.32. The molecular weight excluding hydrogens is 292 g/mol. The number of carbonyl (C=O) groups is 1. The number of hydrogen-bond donors (Lipinski definition) is 1. The molecule has 0 radical (unpaired) electrons. The summed E-state index contributed by atoms with van der Waals surface area (Å²) in [5.74, 6) is -0.928. The fraction of sp³-hybridized carbons (Fsp3) is 0.929. The quantitative estimate of drug-likeness (QED) is 0.771. The lowest BCUT2D eigenvalue weighted by atomic mass is 9.89. The van der Waals surface area contributed by atoms with Gasteiger partial charge in [-0.1, -0.05) is 19.8 Å². The molecule has 3 unspecified atom stereocenters. The summed E-state index contributed by atoms with van der Waals surface area (Å²) in [6.07, 6.45) is 3.64. The summed E-state index contributed by atoms with van der Waals surface area (Å²) in [7, 11) is -2.15. The third-order valence-corrected chi connectivity index (χ3v) is 7.33. The standard InChI is InChI=1S/C14H26N2O4S/c1-14(9-15)7-8-16(10-14)21(18,19)12-6-4-3-5-11(12)13(17)20-2/h11-12H,3-10,15H2,1-2H3. The van der Waals surface area contributed by atoms with Crippen molar-refractivity contribution < 1.29 is 17.9 Å². The minimum atomic E-state index is -3.47. The van der Waals surface area contributed by atoms with E-state index < -0.39 is 27.2 Å². The number of nitrogens with two attached hydrogens (primary N) is 1. The molecule has 0 aromatic carbocycles. The van der Waals surface area contributed by atoms with Gasteiger partial charge in [-0.2, -0.15) is 0 Å². The molecule has 1 aliphatic carbocycles. The molecule has 1 saturated carbocycles. The zero-order chi connectivity index (χ0) is 15.7. The molecule has 2 fully saturated rings. The van der Waals surface area contributed by atoms with E-state index in [4.69, 9.17) is 10.5 Å². The lowest BCUT2D eigenvalue weighted by Crippen LogP contribution is -2.46. The first-order chi connectivity index (χ1) is 9.84. The van der Waals surface area contributed by atoms with Gasteiger partial charge in [0.1, 0.15) is 0 Å². The molecule has 0 spiro atoms. The van der Waals surface area contributed by atoms with Gasteiger partial charge in [0.25, 0.3) is 0 Å². The fourth-order valence-electron chi connectivity index (χ4n) is 3.43. The Labute approximate surface area is 127 Å². The van der Waals surface area contributed by atoms with Crippen LogP contribution in [-0.2, 0) is 19.6 Å². The van der Waals surface area contributed by atoms with Crippen molar-refractivity contribution in [2.24, 2.45) is 17.1 Å². The van der Waals surface area contributed by atoms with Gasteiger partial charge in [0.2, 0.25) is 10.0 Å². The van der Waals surface area contributed by atoms with Crippen LogP contribution in [0.1, 0.15) is 39.0 Å². The van der Waals surface area contributed by atoms with Crippen molar-refractivity contribution in [1.29, 1.82) is 0 Å². The number of methoxy groups -OCH3 is 1. The monoisotopic (exact) mass is 318 g/mol. The highest BCUT2D eigenvalue weighted by molar-refractivity contribution is 7.89. The minimum Gasteiger partial charge on any atom is -0.469 e. The van der Waals surface area contributed by atoms with Crippen molar-refractivity contribution in [3.63, 3.8) is 0 Å². The summed E-state index contributed by atoms with van der Waals surface area (Å²) in [5.41, 5.74) is 5.60. The van der Waals surface area contributed by atoms with Gasteiger partial charge in [-0.05, 0) is 31.2 Å². The molecular formula is C14H26N2O4S. The van der Waals surface area contributed by atoms with Crippen LogP contribution in [0.25, 0.3) is 0 Å². The molecule has 1 saturated heterocycles. The first-order valence-corrected chi connectivity index (χ1v) is 9.11. The molecule has 0 aromatic heterocycles. The molecule has 6 nitrogen and oxygen atoms in total. The van der Waals surface area contributed by atoms with Crippen LogP contribution in [0.4, 0.5) is 0 Å². The van der Waals surface area contributed by atoms with E-state index in [9.17, 15) is 13.2 Å². The van der Waals surface area contributed by atoms with Crippen molar-refractivity contribution in [2.75, 3.05) is 26.7 Å². The summed E-state index contributed by atoms with van der Waals surface area (Å²) in [5, 5.41) is -0.640. The topological polar surface area (TPSA) is 89.7 Å². The molecule has 2 aliphatic rings. The highest BCUT2D eigenvalue weighted by atomic mass is 32.2. The third-order valence-electron chi connectivity index (χ3n) is 4.96. The van der Waals surface area contributed by atoms with E-state index in [1.807, 2.05) is 6.92 Å². The summed E-state index contributed by atoms with van der Waals surface area (Å²) in [4.78, 5) is 11.9. The van der Waals surface area contributed by atoms with Gasteiger partial charge in [-0.15, -0.1) is 0 Å². The van der Waals surface area contributed by atoms with Crippen LogP contribution >= 0.6 is 0 Å². The predicted molar refractivity (Wildman–Crippen MR) is 80.0 cm³/mol. The number of nitrogens with zero attached hydrogens (tertiary/aromatic N) is 1. The van der Waals surface area contributed by atoms with E-state index in [0.717, 1.165) is 19.3 Å². The van der Waals surface area contributed by atoms with Crippen LogP contribution in [0.5, 0.6) is 0 Å². The largest absolute Gasteiger partial charge is 0.469 e. The SMILES string of the molecule is COC(=O)C1CCCCC1S(=O)(=O)N1CCC(C)(CN)C1. The van der Waals surface area contributed by atoms with Gasteiger partial charge in [-0.25, -0.2) is 12.7 Å². The minimum absolute atomic E-state index is 0.150. The summed E-state index contributed by atoms with van der Waals surface area (Å²) in [6, 6.07) is 0. The number of rotatable bonds is 4. The third kappa shape index (κ3) is 3.24. The van der Waals surface area contributed by atoms with Crippen LogP contribution in [0.3, 0.4) is 0 Å². The van der Waals surface area contributed by atoms with Crippen molar-refractivity contribution in [1.82, 2.24) is 4.31 Å². The van der Waals surface area contributed by atoms with Crippen LogP contribution < -0.4 is 5.73 Å². The van der Waals surface area contributed by atoms with Gasteiger partial charge in [0.15, 0.2) is 0 Å². The maximum absolute atomic E-state index is 12.9. The molecule has 21 heavy (non-hydrogen) atoms. The fourth-order valence-corrected chi connectivity index (χ4v) is 5.78. The number of esters is 1. The van der Waals surface area contributed by atoms with Gasteiger partial charge >= 0.3 is 5.97 Å². The Hall–Kier alpha value is -0.660. The molecule has 7 heteroatoms. The van der Waals surface area contributed by atoms with Crippen molar-refractivity contribution in [3.8, 4) is 0 Å². The molecule has 122 valence electrons. The number of hydrogen-bond acceptors (Lipinski definition) is 5. The maximum atomic E-state index is 12.9. The van der Waals surface area contributed by atoms with Crippen molar-refractivity contribution in [3.05, 3.63) is 0 Å². The summed E-state index contributed by atoms with van der Waals surface area (Å²) in [6.45, 7) is 3.45. The second-order valence-electron chi connectivity index (χ2n) is 6.60. The van der Waals surface area contributed by atoms with E-state index >= 15 is 0 Å². The Morgan fingerprint density at radius 1 is 1.38 bits per heavy atom. The van der Waals surface area contributed by atoms with E-state index in [2.05, 4.69) is 0 Å². The smallest absolute Gasteiger partial charge is 0.310 e. The molecule has 2 rings (SSSR count). The first kappa shape index (κ1) is 16.7. The summed E-state index contributed by atoms with van der Waals surface area (Å²) < 4.78 is 32.1. The number of sulfonamides is 1. The molecule has 3 atom stereocenters. The Kier molecular flexibility index (Phi) is 4.95. The van der Waals surface area contributed by atoms with E-state index in [0.29, 0.717) is 32.5 Å². The van der Waals surface area contributed by atoms with E-state index in [-0.39, 0.29) is 5.41 Å². The van der Waals surface area contributed by atoms with Crippen LogP contribution in [0.2, 0.25) is 0 Å². The average molecular weight is 318 g/mol. The van der Waals surface area contributed by atoms with Gasteiger partial charge < -0.3 is 10.5 Å². The Morgan fingerprint density at radius 3 is 2.62 bits per heavy atom. The van der Waals surface area contributed by atoms with Crippen LogP contribution in [-0.4, -0.2) is 50.7 Å². The van der Waals surface area contributed by atoms with E-state index in [1.54, 1.807) is 0 Å². The van der Waals surface area contributed by atoms with Gasteiger partial charge in [0.05, 0.1) is 18.3 Å². The average Bonchev–Trinajstić information content (AvgIpc) is 2.90. The Balaban J connectivity index is 2.19. The zero-order valence-corrected chi connectivity index (χ0v) is 13.7. The first-order valence-electron chi connectivity index (χ1n) is 7.61. The molecule has 0 bridgehead atoms. The molecule has 0 amide bonds. The van der Waals surface area contributed by atoms with Crippen molar-refractivity contribution >= 4 is 16.0 Å². The zero-order valence-electron chi connectivity index (χ0n) is 12.9. The molecule has 2 N–H and O–H groups in total. The maximum Gasteiger partial charge on any atom is 0.310 e. The second kappa shape index (κ2) is 6.22. The van der Waals surface area contributed by atoms with Gasteiger partial charge in [-0.3, -0.25) is 4.79 Å².